The van der Waals surface area contributed by atoms with Crippen molar-refractivity contribution in [2.75, 3.05) is 13.8 Å². The summed E-state index contributed by atoms with van der Waals surface area (Å²) in [5.74, 6) is 0. The summed E-state index contributed by atoms with van der Waals surface area (Å²) in [6, 6.07) is 19.2. The molecule has 0 saturated heterocycles. The zero-order valence-corrected chi connectivity index (χ0v) is 15.9. The zero-order chi connectivity index (χ0) is 18.9. The second kappa shape index (κ2) is 9.80. The van der Waals surface area contributed by atoms with Gasteiger partial charge in [-0.15, -0.1) is 0 Å². The first-order valence-corrected chi connectivity index (χ1v) is 8.82. The largest absolute Gasteiger partial charge is 0.365 e. The molecule has 2 aromatic rings. The van der Waals surface area contributed by atoms with E-state index in [0.29, 0.717) is 0 Å². The summed E-state index contributed by atoms with van der Waals surface area (Å²) in [5, 5.41) is 1.62. The summed E-state index contributed by atoms with van der Waals surface area (Å²) in [6.45, 7) is 9.29. The van der Waals surface area contributed by atoms with Crippen LogP contribution in [0.1, 0.15) is 19.4 Å². The maximum absolute atomic E-state index is 5.40. The Labute approximate surface area is 157 Å². The van der Waals surface area contributed by atoms with Crippen molar-refractivity contribution in [2.45, 2.75) is 26.4 Å². The van der Waals surface area contributed by atoms with E-state index in [2.05, 4.69) is 73.0 Å². The van der Waals surface area contributed by atoms with Gasteiger partial charge in [0, 0.05) is 31.5 Å². The summed E-state index contributed by atoms with van der Waals surface area (Å²) < 4.78 is 0. The fourth-order valence-corrected chi connectivity index (χ4v) is 2.88. The molecule has 2 rings (SSSR count). The van der Waals surface area contributed by atoms with E-state index in [1.807, 2.05) is 26.2 Å². The molecule has 0 aliphatic carbocycles. The molecule has 0 aliphatic rings. The average Bonchev–Trinajstić information content (AvgIpc) is 2.65. The minimum absolute atomic E-state index is 0.157. The number of benzene rings is 2. The van der Waals surface area contributed by atoms with Gasteiger partial charge in [0.25, 0.3) is 0 Å². The normalized spacial score (nSPS) is 12.2. The van der Waals surface area contributed by atoms with E-state index in [0.717, 1.165) is 12.2 Å². The van der Waals surface area contributed by atoms with Crippen LogP contribution < -0.4 is 5.73 Å². The van der Waals surface area contributed by atoms with Crippen LogP contribution in [0.4, 0.5) is 0 Å². The Morgan fingerprint density at radius 3 is 2.46 bits per heavy atom. The standard InChI is InChI=1S/C22H29N3O/c1-18(2)25(19(3)14-15-24(4)26-17-23)16-21-12-8-9-13-22(21)20-10-6-5-7-11-20/h5-15,19H,1,16-17,23H2,2-4H3/b15-14-. The van der Waals surface area contributed by atoms with Gasteiger partial charge in [-0.1, -0.05) is 61.2 Å². The van der Waals surface area contributed by atoms with Crippen molar-refractivity contribution >= 4 is 0 Å². The topological polar surface area (TPSA) is 41.7 Å². The Balaban J connectivity index is 2.22. The van der Waals surface area contributed by atoms with Crippen molar-refractivity contribution in [3.05, 3.63) is 84.7 Å². The molecule has 0 bridgehead atoms. The van der Waals surface area contributed by atoms with Crippen molar-refractivity contribution in [1.29, 1.82) is 0 Å². The summed E-state index contributed by atoms with van der Waals surface area (Å²) in [5.41, 5.74) is 10.2. The molecule has 1 atom stereocenters. The van der Waals surface area contributed by atoms with E-state index in [1.54, 1.807) is 5.06 Å². The molecule has 0 amide bonds. The predicted octanol–water partition coefficient (Wildman–Crippen LogP) is 4.37. The van der Waals surface area contributed by atoms with Gasteiger partial charge in [-0.05, 0) is 36.6 Å². The lowest BCUT2D eigenvalue weighted by molar-refractivity contribution is -0.0975. The lowest BCUT2D eigenvalue weighted by Gasteiger charge is -2.31. The van der Waals surface area contributed by atoms with Crippen molar-refractivity contribution in [3.8, 4) is 11.1 Å². The van der Waals surface area contributed by atoms with E-state index in [-0.39, 0.29) is 12.8 Å². The average molecular weight is 351 g/mol. The van der Waals surface area contributed by atoms with Gasteiger partial charge in [0.05, 0.1) is 0 Å². The molecule has 0 fully saturated rings. The third kappa shape index (κ3) is 5.48. The van der Waals surface area contributed by atoms with Gasteiger partial charge in [-0.3, -0.25) is 9.90 Å². The van der Waals surface area contributed by atoms with Gasteiger partial charge in [0.15, 0.2) is 0 Å². The summed E-state index contributed by atoms with van der Waals surface area (Å²) in [4.78, 5) is 7.48. The fourth-order valence-electron chi connectivity index (χ4n) is 2.88. The van der Waals surface area contributed by atoms with Crippen LogP contribution in [0.2, 0.25) is 0 Å². The Bertz CT molecular complexity index is 727. The Morgan fingerprint density at radius 1 is 1.15 bits per heavy atom. The van der Waals surface area contributed by atoms with E-state index < -0.39 is 0 Å². The van der Waals surface area contributed by atoms with Gasteiger partial charge in [0.1, 0.15) is 6.73 Å². The third-order valence-corrected chi connectivity index (χ3v) is 4.28. The molecule has 0 radical (unpaired) electrons. The second-order valence-electron chi connectivity index (χ2n) is 6.31. The summed E-state index contributed by atoms with van der Waals surface area (Å²) in [7, 11) is 1.83. The van der Waals surface area contributed by atoms with Crippen molar-refractivity contribution < 1.29 is 4.84 Å². The first-order valence-electron chi connectivity index (χ1n) is 8.82. The van der Waals surface area contributed by atoms with Crippen molar-refractivity contribution in [1.82, 2.24) is 9.96 Å². The van der Waals surface area contributed by atoms with Crippen molar-refractivity contribution in [3.63, 3.8) is 0 Å². The monoisotopic (exact) mass is 351 g/mol. The van der Waals surface area contributed by atoms with Crippen LogP contribution >= 0.6 is 0 Å². The molecule has 0 spiro atoms. The van der Waals surface area contributed by atoms with Crippen LogP contribution in [0.15, 0.2) is 79.1 Å². The lowest BCUT2D eigenvalue weighted by Crippen LogP contribution is -2.30. The Morgan fingerprint density at radius 2 is 1.81 bits per heavy atom. The minimum atomic E-state index is 0.157. The van der Waals surface area contributed by atoms with E-state index in [4.69, 9.17) is 10.6 Å². The molecule has 0 aliphatic heterocycles. The predicted molar refractivity (Wildman–Crippen MR) is 109 cm³/mol. The van der Waals surface area contributed by atoms with E-state index in [9.17, 15) is 0 Å². The van der Waals surface area contributed by atoms with Crippen LogP contribution in [-0.2, 0) is 11.4 Å². The lowest BCUT2D eigenvalue weighted by atomic mass is 9.99. The highest BCUT2D eigenvalue weighted by Gasteiger charge is 2.14. The first kappa shape index (κ1) is 19.8. The third-order valence-electron chi connectivity index (χ3n) is 4.28. The molecule has 4 nitrogen and oxygen atoms in total. The molecule has 4 heteroatoms. The molecular formula is C22H29N3O. The molecule has 2 aromatic carbocycles. The molecule has 0 saturated carbocycles. The molecule has 2 N–H and O–H groups in total. The Kier molecular flexibility index (Phi) is 7.45. The van der Waals surface area contributed by atoms with Gasteiger partial charge in [0.2, 0.25) is 0 Å². The van der Waals surface area contributed by atoms with Gasteiger partial charge in [-0.25, -0.2) is 0 Å². The minimum Gasteiger partial charge on any atom is -0.365 e. The highest BCUT2D eigenvalue weighted by atomic mass is 16.7. The second-order valence-corrected chi connectivity index (χ2v) is 6.31. The number of hydrogen-bond acceptors (Lipinski definition) is 4. The van der Waals surface area contributed by atoms with E-state index in [1.165, 1.54) is 16.7 Å². The SMILES string of the molecule is C=C(C)N(Cc1ccccc1-c1ccccc1)C(C)/C=C\N(C)OCN. The smallest absolute Gasteiger partial charge is 0.123 e. The van der Waals surface area contributed by atoms with Gasteiger partial charge < -0.3 is 10.6 Å². The van der Waals surface area contributed by atoms with Crippen molar-refractivity contribution in [2.24, 2.45) is 5.73 Å². The van der Waals surface area contributed by atoms with Crippen LogP contribution in [0.25, 0.3) is 11.1 Å². The van der Waals surface area contributed by atoms with Gasteiger partial charge in [-0.2, -0.15) is 0 Å². The highest BCUT2D eigenvalue weighted by molar-refractivity contribution is 5.67. The molecule has 26 heavy (non-hydrogen) atoms. The summed E-state index contributed by atoms with van der Waals surface area (Å²) >= 11 is 0. The fraction of sp³-hybridized carbons (Fsp3) is 0.273. The molecule has 1 unspecified atom stereocenters. The number of rotatable bonds is 9. The first-order chi connectivity index (χ1) is 12.5. The maximum atomic E-state index is 5.40. The van der Waals surface area contributed by atoms with Crippen LogP contribution in [0.3, 0.4) is 0 Å². The number of allylic oxidation sites excluding steroid dienone is 1. The number of hydrogen-bond donors (Lipinski definition) is 1. The van der Waals surface area contributed by atoms with Crippen LogP contribution in [-0.4, -0.2) is 29.8 Å². The number of nitrogens with two attached hydrogens (primary N) is 1. The maximum Gasteiger partial charge on any atom is 0.123 e. The van der Waals surface area contributed by atoms with Crippen LogP contribution in [0, 0.1) is 0 Å². The van der Waals surface area contributed by atoms with E-state index >= 15 is 0 Å². The van der Waals surface area contributed by atoms with Gasteiger partial charge >= 0.3 is 0 Å². The number of hydroxylamine groups is 2. The summed E-state index contributed by atoms with van der Waals surface area (Å²) in [6.07, 6.45) is 3.96. The molecule has 138 valence electrons. The zero-order valence-electron chi connectivity index (χ0n) is 15.9. The highest BCUT2D eigenvalue weighted by Crippen LogP contribution is 2.26. The quantitative estimate of drug-likeness (QED) is 0.538. The Hall–Kier alpha value is -2.56. The van der Waals surface area contributed by atoms with Crippen LogP contribution in [0.5, 0.6) is 0 Å². The molecule has 0 heterocycles. The molecule has 0 aromatic heterocycles. The number of nitrogens with zero attached hydrogens (tertiary/aromatic N) is 2. The molecular weight excluding hydrogens is 322 g/mol.